The molecule has 3 aromatic rings. The van der Waals surface area contributed by atoms with Gasteiger partial charge in [0.1, 0.15) is 10.7 Å². The number of halogens is 4. The van der Waals surface area contributed by atoms with Crippen LogP contribution in [0.3, 0.4) is 0 Å². The standard InChI is InChI=1S/C16H15ClF3N5O2S/c1-9-15(10(2)25(22-9)16(19)20)28(26,27)23-13-6-21-24(8-13)7-11-3-4-12(18)5-14(11)17/h3-6,8,16,23H,7H2,1-2H3. The molecule has 0 aliphatic carbocycles. The van der Waals surface area contributed by atoms with Crippen LogP contribution < -0.4 is 4.72 Å². The monoisotopic (exact) mass is 433 g/mol. The molecular weight excluding hydrogens is 419 g/mol. The minimum atomic E-state index is -4.16. The van der Waals surface area contributed by atoms with E-state index in [2.05, 4.69) is 14.9 Å². The van der Waals surface area contributed by atoms with Gasteiger partial charge in [-0.05, 0) is 31.5 Å². The van der Waals surface area contributed by atoms with Crippen molar-refractivity contribution in [1.82, 2.24) is 19.6 Å². The minimum Gasteiger partial charge on any atom is -0.276 e. The lowest BCUT2D eigenvalue weighted by Gasteiger charge is -2.07. The Morgan fingerprint density at radius 1 is 1.29 bits per heavy atom. The summed E-state index contributed by atoms with van der Waals surface area (Å²) in [6.07, 6.45) is 2.66. The molecule has 0 aliphatic rings. The van der Waals surface area contributed by atoms with Gasteiger partial charge in [-0.1, -0.05) is 17.7 Å². The van der Waals surface area contributed by atoms with Gasteiger partial charge in [-0.3, -0.25) is 9.40 Å². The first-order valence-corrected chi connectivity index (χ1v) is 9.77. The highest BCUT2D eigenvalue weighted by Crippen LogP contribution is 2.26. The fourth-order valence-corrected chi connectivity index (χ4v) is 4.42. The van der Waals surface area contributed by atoms with Crippen LogP contribution in [-0.2, 0) is 16.6 Å². The maximum atomic E-state index is 13.1. The summed E-state index contributed by atoms with van der Waals surface area (Å²) in [5.74, 6) is -0.474. The van der Waals surface area contributed by atoms with Crippen molar-refractivity contribution in [3.63, 3.8) is 0 Å². The van der Waals surface area contributed by atoms with Gasteiger partial charge in [-0.2, -0.15) is 19.0 Å². The van der Waals surface area contributed by atoms with Crippen molar-refractivity contribution in [3.05, 3.63) is 58.4 Å². The third-order valence-electron chi connectivity index (χ3n) is 3.95. The SMILES string of the molecule is Cc1nn(C(F)F)c(C)c1S(=O)(=O)Nc1cnn(Cc2ccc(F)cc2Cl)c1. The molecule has 1 N–H and O–H groups in total. The summed E-state index contributed by atoms with van der Waals surface area (Å²) < 4.78 is 68.3. The van der Waals surface area contributed by atoms with Gasteiger partial charge < -0.3 is 0 Å². The molecule has 12 heteroatoms. The summed E-state index contributed by atoms with van der Waals surface area (Å²) in [5, 5.41) is 7.82. The van der Waals surface area contributed by atoms with E-state index in [1.807, 2.05) is 0 Å². The first-order valence-electron chi connectivity index (χ1n) is 7.91. The van der Waals surface area contributed by atoms with Crippen molar-refractivity contribution >= 4 is 27.3 Å². The second-order valence-electron chi connectivity index (χ2n) is 5.99. The van der Waals surface area contributed by atoms with E-state index in [-0.39, 0.29) is 33.5 Å². The van der Waals surface area contributed by atoms with Crippen LogP contribution in [0.5, 0.6) is 0 Å². The van der Waals surface area contributed by atoms with Gasteiger partial charge >= 0.3 is 6.55 Å². The normalized spacial score (nSPS) is 12.0. The molecule has 0 spiro atoms. The first kappa shape index (κ1) is 20.2. The van der Waals surface area contributed by atoms with Crippen molar-refractivity contribution in [3.8, 4) is 0 Å². The zero-order valence-corrected chi connectivity index (χ0v) is 16.3. The van der Waals surface area contributed by atoms with Crippen LogP contribution in [0.4, 0.5) is 18.9 Å². The highest BCUT2D eigenvalue weighted by atomic mass is 35.5. The lowest BCUT2D eigenvalue weighted by molar-refractivity contribution is 0.0538. The summed E-state index contributed by atoms with van der Waals surface area (Å²) in [6.45, 7) is -0.186. The molecule has 0 radical (unpaired) electrons. The molecular formula is C16H15ClF3N5O2S. The average molecular weight is 434 g/mol. The minimum absolute atomic E-state index is 0.0456. The van der Waals surface area contributed by atoms with E-state index in [1.165, 1.54) is 43.1 Å². The van der Waals surface area contributed by atoms with Crippen LogP contribution in [-0.4, -0.2) is 28.0 Å². The highest BCUT2D eigenvalue weighted by Gasteiger charge is 2.27. The van der Waals surface area contributed by atoms with Gasteiger partial charge in [0.2, 0.25) is 0 Å². The summed E-state index contributed by atoms with van der Waals surface area (Å²) >= 11 is 5.97. The van der Waals surface area contributed by atoms with Gasteiger partial charge in [-0.15, -0.1) is 0 Å². The highest BCUT2D eigenvalue weighted by molar-refractivity contribution is 7.92. The van der Waals surface area contributed by atoms with Crippen molar-refractivity contribution in [2.75, 3.05) is 4.72 Å². The zero-order valence-electron chi connectivity index (χ0n) is 14.7. The second kappa shape index (κ2) is 7.47. The second-order valence-corrected chi connectivity index (χ2v) is 8.02. The van der Waals surface area contributed by atoms with E-state index in [0.29, 0.717) is 10.2 Å². The molecule has 0 aliphatic heterocycles. The van der Waals surface area contributed by atoms with Crippen LogP contribution in [0.25, 0.3) is 0 Å². The maximum Gasteiger partial charge on any atom is 0.333 e. The third kappa shape index (κ3) is 3.99. The van der Waals surface area contributed by atoms with Gasteiger partial charge in [-0.25, -0.2) is 17.5 Å². The van der Waals surface area contributed by atoms with E-state index in [4.69, 9.17) is 11.6 Å². The molecule has 0 saturated carbocycles. The number of rotatable bonds is 6. The van der Waals surface area contributed by atoms with Crippen molar-refractivity contribution in [1.29, 1.82) is 0 Å². The zero-order chi connectivity index (χ0) is 20.6. The van der Waals surface area contributed by atoms with Gasteiger partial charge in [0, 0.05) is 11.2 Å². The fourth-order valence-electron chi connectivity index (χ4n) is 2.76. The van der Waals surface area contributed by atoms with E-state index in [1.54, 1.807) is 0 Å². The quantitative estimate of drug-likeness (QED) is 0.642. The lowest BCUT2D eigenvalue weighted by atomic mass is 10.2. The summed E-state index contributed by atoms with van der Waals surface area (Å²) in [7, 11) is -4.16. The molecule has 3 rings (SSSR count). The largest absolute Gasteiger partial charge is 0.333 e. The Kier molecular flexibility index (Phi) is 5.39. The van der Waals surface area contributed by atoms with Gasteiger partial charge in [0.05, 0.1) is 29.8 Å². The van der Waals surface area contributed by atoms with Crippen LogP contribution >= 0.6 is 11.6 Å². The lowest BCUT2D eigenvalue weighted by Crippen LogP contribution is -2.15. The molecule has 150 valence electrons. The number of hydrogen-bond donors (Lipinski definition) is 1. The molecule has 0 fully saturated rings. The molecule has 7 nitrogen and oxygen atoms in total. The van der Waals surface area contributed by atoms with Crippen LogP contribution in [0, 0.1) is 19.7 Å². The average Bonchev–Trinajstić information content (AvgIpc) is 3.13. The predicted molar refractivity (Wildman–Crippen MR) is 96.5 cm³/mol. The number of nitrogens with one attached hydrogen (secondary N) is 1. The Balaban J connectivity index is 1.83. The molecule has 1 aromatic carbocycles. The Bertz CT molecular complexity index is 1130. The summed E-state index contributed by atoms with van der Waals surface area (Å²) in [4.78, 5) is -0.317. The van der Waals surface area contributed by atoms with E-state index in [9.17, 15) is 21.6 Å². The van der Waals surface area contributed by atoms with Crippen LogP contribution in [0.2, 0.25) is 5.02 Å². The molecule has 28 heavy (non-hydrogen) atoms. The molecule has 2 heterocycles. The number of aromatic nitrogens is 4. The number of benzene rings is 1. The number of alkyl halides is 2. The molecule has 0 unspecified atom stereocenters. The molecule has 2 aromatic heterocycles. The third-order valence-corrected chi connectivity index (χ3v) is 5.93. The van der Waals surface area contributed by atoms with Gasteiger partial charge in [0.25, 0.3) is 10.0 Å². The Hall–Kier alpha value is -2.53. The molecule has 0 atom stereocenters. The Morgan fingerprint density at radius 3 is 2.61 bits per heavy atom. The molecule has 0 bridgehead atoms. The summed E-state index contributed by atoms with van der Waals surface area (Å²) in [6, 6.07) is 3.91. The van der Waals surface area contributed by atoms with Crippen molar-refractivity contribution in [2.45, 2.75) is 31.8 Å². The van der Waals surface area contributed by atoms with Crippen molar-refractivity contribution in [2.24, 2.45) is 0 Å². The van der Waals surface area contributed by atoms with E-state index in [0.717, 1.165) is 6.07 Å². The van der Waals surface area contributed by atoms with E-state index >= 15 is 0 Å². The Morgan fingerprint density at radius 2 is 2.00 bits per heavy atom. The number of anilines is 1. The number of aryl methyl sites for hydroxylation is 1. The van der Waals surface area contributed by atoms with Crippen molar-refractivity contribution < 1.29 is 21.6 Å². The first-order chi connectivity index (χ1) is 13.1. The topological polar surface area (TPSA) is 81.8 Å². The van der Waals surface area contributed by atoms with E-state index < -0.39 is 22.4 Å². The van der Waals surface area contributed by atoms with Crippen LogP contribution in [0.1, 0.15) is 23.5 Å². The smallest absolute Gasteiger partial charge is 0.276 e. The fraction of sp³-hybridized carbons (Fsp3) is 0.250. The number of nitrogens with zero attached hydrogens (tertiary/aromatic N) is 4. The number of hydrogen-bond acceptors (Lipinski definition) is 4. The molecule has 0 amide bonds. The Labute approximate surface area is 163 Å². The van der Waals surface area contributed by atoms with Gasteiger partial charge in [0.15, 0.2) is 0 Å². The number of sulfonamides is 1. The maximum absolute atomic E-state index is 13.1. The predicted octanol–water partition coefficient (Wildman–Crippen LogP) is 3.73. The summed E-state index contributed by atoms with van der Waals surface area (Å²) in [5.41, 5.74) is 0.494. The molecule has 0 saturated heterocycles. The van der Waals surface area contributed by atoms with Crippen LogP contribution in [0.15, 0.2) is 35.5 Å².